The SMILES string of the molecule is CC(=O)N1CCN(CCCN(C(=O)c2cccs2)c2nc(-c3cc4ccccc4o3)cs2)CC1. The van der Waals surface area contributed by atoms with Gasteiger partial charge in [-0.15, -0.1) is 22.7 Å². The summed E-state index contributed by atoms with van der Waals surface area (Å²) < 4.78 is 5.97. The summed E-state index contributed by atoms with van der Waals surface area (Å²) in [7, 11) is 0. The lowest BCUT2D eigenvalue weighted by atomic mass is 10.2. The van der Waals surface area contributed by atoms with Gasteiger partial charge in [-0.3, -0.25) is 19.4 Å². The standard InChI is InChI=1S/C25H26N4O3S2/c1-18(30)28-13-11-27(12-14-28)9-5-10-29(24(31)23-8-4-15-33-23)25-26-20(17-34-25)22-16-19-6-2-3-7-21(19)32-22/h2-4,6-8,15-17H,5,9-14H2,1H3. The summed E-state index contributed by atoms with van der Waals surface area (Å²) in [5, 5.41) is 5.57. The van der Waals surface area contributed by atoms with Crippen molar-refractivity contribution in [2.24, 2.45) is 0 Å². The first-order valence-electron chi connectivity index (χ1n) is 11.4. The highest BCUT2D eigenvalue weighted by Gasteiger charge is 2.24. The normalized spacial score (nSPS) is 14.6. The van der Waals surface area contributed by atoms with Crippen LogP contribution >= 0.6 is 22.7 Å². The van der Waals surface area contributed by atoms with Crippen LogP contribution in [0.2, 0.25) is 0 Å². The zero-order valence-corrected chi connectivity index (χ0v) is 20.6. The Labute approximate surface area is 206 Å². The number of amides is 2. The number of carbonyl (C=O) groups excluding carboxylic acids is 2. The predicted molar refractivity (Wildman–Crippen MR) is 137 cm³/mol. The molecule has 1 aliphatic heterocycles. The molecule has 0 bridgehead atoms. The Morgan fingerprint density at radius 3 is 2.65 bits per heavy atom. The van der Waals surface area contributed by atoms with Crippen molar-refractivity contribution in [2.75, 3.05) is 44.2 Å². The first kappa shape index (κ1) is 22.8. The quantitative estimate of drug-likeness (QED) is 0.368. The van der Waals surface area contributed by atoms with Crippen molar-refractivity contribution in [3.05, 3.63) is 58.1 Å². The number of hydrogen-bond donors (Lipinski definition) is 0. The first-order valence-corrected chi connectivity index (χ1v) is 13.1. The number of fused-ring (bicyclic) bond motifs is 1. The molecule has 0 saturated carbocycles. The van der Waals surface area contributed by atoms with E-state index in [0.717, 1.165) is 55.8 Å². The van der Waals surface area contributed by atoms with Gasteiger partial charge in [0.15, 0.2) is 10.9 Å². The minimum Gasteiger partial charge on any atom is -0.454 e. The maximum Gasteiger partial charge on any atom is 0.270 e. The van der Waals surface area contributed by atoms with Crippen LogP contribution in [0, 0.1) is 0 Å². The fourth-order valence-electron chi connectivity index (χ4n) is 4.17. The van der Waals surface area contributed by atoms with E-state index < -0.39 is 0 Å². The van der Waals surface area contributed by atoms with Gasteiger partial charge in [0.25, 0.3) is 5.91 Å². The summed E-state index contributed by atoms with van der Waals surface area (Å²) in [5.41, 5.74) is 1.56. The second-order valence-corrected chi connectivity index (χ2v) is 10.1. The number of carbonyl (C=O) groups is 2. The number of thiazole rings is 1. The van der Waals surface area contributed by atoms with Gasteiger partial charge in [0.1, 0.15) is 11.3 Å². The molecule has 7 nitrogen and oxygen atoms in total. The van der Waals surface area contributed by atoms with E-state index in [9.17, 15) is 9.59 Å². The van der Waals surface area contributed by atoms with E-state index in [2.05, 4.69) is 4.90 Å². The van der Waals surface area contributed by atoms with Crippen molar-refractivity contribution in [3.63, 3.8) is 0 Å². The van der Waals surface area contributed by atoms with Crippen LogP contribution in [0.3, 0.4) is 0 Å². The van der Waals surface area contributed by atoms with Crippen LogP contribution in [0.1, 0.15) is 23.0 Å². The van der Waals surface area contributed by atoms with Crippen molar-refractivity contribution < 1.29 is 14.0 Å². The van der Waals surface area contributed by atoms with Crippen molar-refractivity contribution in [1.29, 1.82) is 0 Å². The Morgan fingerprint density at radius 1 is 1.09 bits per heavy atom. The number of para-hydroxylation sites is 1. The Bertz CT molecular complexity index is 1240. The van der Waals surface area contributed by atoms with Gasteiger partial charge in [-0.2, -0.15) is 0 Å². The van der Waals surface area contributed by atoms with Gasteiger partial charge in [-0.25, -0.2) is 4.98 Å². The zero-order chi connectivity index (χ0) is 23.5. The van der Waals surface area contributed by atoms with Crippen LogP contribution in [0.5, 0.6) is 0 Å². The lowest BCUT2D eigenvalue weighted by molar-refractivity contribution is -0.130. The number of anilines is 1. The fourth-order valence-corrected chi connectivity index (χ4v) is 5.68. The van der Waals surface area contributed by atoms with Crippen LogP contribution < -0.4 is 4.90 Å². The predicted octanol–water partition coefficient (Wildman–Crippen LogP) is 4.82. The van der Waals surface area contributed by atoms with Crippen LogP contribution in [-0.2, 0) is 4.79 Å². The van der Waals surface area contributed by atoms with E-state index in [-0.39, 0.29) is 11.8 Å². The van der Waals surface area contributed by atoms with E-state index in [4.69, 9.17) is 9.40 Å². The van der Waals surface area contributed by atoms with Crippen LogP contribution in [0.25, 0.3) is 22.4 Å². The molecule has 0 unspecified atom stereocenters. The molecule has 0 aliphatic carbocycles. The average molecular weight is 495 g/mol. The number of piperazine rings is 1. The Kier molecular flexibility index (Phi) is 6.75. The summed E-state index contributed by atoms with van der Waals surface area (Å²) in [6.07, 6.45) is 0.830. The van der Waals surface area contributed by atoms with Crippen molar-refractivity contribution in [3.8, 4) is 11.5 Å². The molecule has 1 aliphatic rings. The highest BCUT2D eigenvalue weighted by molar-refractivity contribution is 7.14. The van der Waals surface area contributed by atoms with Gasteiger partial charge in [-0.1, -0.05) is 24.3 Å². The molecular formula is C25H26N4O3S2. The number of aromatic nitrogens is 1. The Morgan fingerprint density at radius 2 is 1.91 bits per heavy atom. The highest BCUT2D eigenvalue weighted by Crippen LogP contribution is 2.32. The minimum absolute atomic E-state index is 0.0260. The van der Waals surface area contributed by atoms with E-state index in [1.807, 2.05) is 58.1 Å². The molecule has 176 valence electrons. The van der Waals surface area contributed by atoms with Crippen molar-refractivity contribution >= 4 is 50.6 Å². The van der Waals surface area contributed by atoms with E-state index in [0.29, 0.717) is 22.3 Å². The molecule has 4 heterocycles. The summed E-state index contributed by atoms with van der Waals surface area (Å²) in [6.45, 7) is 6.34. The molecule has 3 aromatic heterocycles. The second kappa shape index (κ2) is 10.1. The molecule has 0 atom stereocenters. The molecule has 1 saturated heterocycles. The molecule has 2 amide bonds. The fraction of sp³-hybridized carbons (Fsp3) is 0.320. The summed E-state index contributed by atoms with van der Waals surface area (Å²) in [4.78, 5) is 36.4. The van der Waals surface area contributed by atoms with Gasteiger partial charge in [0, 0.05) is 50.4 Å². The Balaban J connectivity index is 1.30. The van der Waals surface area contributed by atoms with Crippen LogP contribution in [0.4, 0.5) is 5.13 Å². The minimum atomic E-state index is -0.0260. The number of rotatable bonds is 7. The monoisotopic (exact) mass is 494 g/mol. The van der Waals surface area contributed by atoms with Gasteiger partial charge < -0.3 is 9.32 Å². The zero-order valence-electron chi connectivity index (χ0n) is 19.0. The van der Waals surface area contributed by atoms with E-state index >= 15 is 0 Å². The largest absolute Gasteiger partial charge is 0.454 e. The topological polar surface area (TPSA) is 69.9 Å². The number of thiophene rings is 1. The molecule has 0 radical (unpaired) electrons. The summed E-state index contributed by atoms with van der Waals surface area (Å²) in [5.74, 6) is 0.814. The van der Waals surface area contributed by atoms with Crippen LogP contribution in [0.15, 0.2) is 57.6 Å². The molecule has 1 aromatic carbocycles. The summed E-state index contributed by atoms with van der Waals surface area (Å²) >= 11 is 2.90. The van der Waals surface area contributed by atoms with Gasteiger partial charge in [0.2, 0.25) is 5.91 Å². The molecule has 0 spiro atoms. The number of nitrogens with zero attached hydrogens (tertiary/aromatic N) is 4. The molecule has 1 fully saturated rings. The molecule has 0 N–H and O–H groups in total. The molecule has 5 rings (SSSR count). The number of hydrogen-bond acceptors (Lipinski definition) is 7. The third-order valence-corrected chi connectivity index (χ3v) is 7.77. The van der Waals surface area contributed by atoms with Crippen LogP contribution in [-0.4, -0.2) is 65.9 Å². The first-order chi connectivity index (χ1) is 16.6. The molecule has 9 heteroatoms. The molecule has 34 heavy (non-hydrogen) atoms. The summed E-state index contributed by atoms with van der Waals surface area (Å²) in [6, 6.07) is 13.6. The lowest BCUT2D eigenvalue weighted by Gasteiger charge is -2.34. The van der Waals surface area contributed by atoms with Gasteiger partial charge >= 0.3 is 0 Å². The van der Waals surface area contributed by atoms with Crippen molar-refractivity contribution in [1.82, 2.24) is 14.8 Å². The lowest BCUT2D eigenvalue weighted by Crippen LogP contribution is -2.48. The van der Waals surface area contributed by atoms with E-state index in [1.165, 1.54) is 22.7 Å². The maximum absolute atomic E-state index is 13.3. The number of furan rings is 1. The Hall–Kier alpha value is -3.01. The average Bonchev–Trinajstić information content (AvgIpc) is 3.62. The highest BCUT2D eigenvalue weighted by atomic mass is 32.1. The third kappa shape index (κ3) is 4.91. The second-order valence-electron chi connectivity index (χ2n) is 8.30. The molecule has 4 aromatic rings. The van der Waals surface area contributed by atoms with Gasteiger partial charge in [0.05, 0.1) is 4.88 Å². The smallest absolute Gasteiger partial charge is 0.270 e. The molecular weight excluding hydrogens is 468 g/mol. The maximum atomic E-state index is 13.3. The number of benzene rings is 1. The van der Waals surface area contributed by atoms with E-state index in [1.54, 1.807) is 11.8 Å². The van der Waals surface area contributed by atoms with Crippen molar-refractivity contribution in [2.45, 2.75) is 13.3 Å². The third-order valence-electron chi connectivity index (χ3n) is 6.05. The van der Waals surface area contributed by atoms with Gasteiger partial charge in [-0.05, 0) is 36.5 Å².